The third-order valence-electron chi connectivity index (χ3n) is 3.93. The monoisotopic (exact) mass is 392 g/mol. The van der Waals surface area contributed by atoms with Crippen LogP contribution in [0.1, 0.15) is 16.8 Å². The SMILES string of the molecule is COC(=O)c1cccc(N[C@@H]2CC(=O)N(c3ccc(Cl)c(Cl)c3)C2=O)c1. The average molecular weight is 393 g/mol. The molecule has 0 aliphatic carbocycles. The summed E-state index contributed by atoms with van der Waals surface area (Å²) >= 11 is 11.9. The molecule has 0 saturated carbocycles. The second-order valence-electron chi connectivity index (χ2n) is 5.64. The summed E-state index contributed by atoms with van der Waals surface area (Å²) in [6.07, 6.45) is -0.0124. The van der Waals surface area contributed by atoms with Crippen LogP contribution in [0.15, 0.2) is 42.5 Å². The lowest BCUT2D eigenvalue weighted by Crippen LogP contribution is -2.34. The maximum atomic E-state index is 12.7. The lowest BCUT2D eigenvalue weighted by atomic mass is 10.1. The lowest BCUT2D eigenvalue weighted by molar-refractivity contribution is -0.121. The van der Waals surface area contributed by atoms with Crippen molar-refractivity contribution in [2.45, 2.75) is 12.5 Å². The minimum atomic E-state index is -0.746. The topological polar surface area (TPSA) is 75.7 Å². The number of nitrogens with one attached hydrogen (secondary N) is 1. The fourth-order valence-corrected chi connectivity index (χ4v) is 2.99. The van der Waals surface area contributed by atoms with Crippen molar-refractivity contribution >= 4 is 52.4 Å². The highest BCUT2D eigenvalue weighted by molar-refractivity contribution is 6.42. The largest absolute Gasteiger partial charge is 0.465 e. The van der Waals surface area contributed by atoms with Crippen LogP contribution >= 0.6 is 23.2 Å². The van der Waals surface area contributed by atoms with Crippen molar-refractivity contribution in [2.75, 3.05) is 17.3 Å². The van der Waals surface area contributed by atoms with E-state index >= 15 is 0 Å². The number of carbonyl (C=O) groups excluding carboxylic acids is 3. The number of anilines is 2. The number of rotatable bonds is 4. The molecule has 1 N–H and O–H groups in total. The second-order valence-corrected chi connectivity index (χ2v) is 6.45. The number of carbonyl (C=O) groups is 3. The van der Waals surface area contributed by atoms with E-state index < -0.39 is 17.9 Å². The van der Waals surface area contributed by atoms with Gasteiger partial charge in [-0.15, -0.1) is 0 Å². The Morgan fingerprint density at radius 1 is 1.15 bits per heavy atom. The normalized spacial score (nSPS) is 16.7. The van der Waals surface area contributed by atoms with Crippen LogP contribution in [-0.2, 0) is 14.3 Å². The molecule has 8 heteroatoms. The van der Waals surface area contributed by atoms with E-state index in [0.717, 1.165) is 4.90 Å². The van der Waals surface area contributed by atoms with Crippen LogP contribution in [0.2, 0.25) is 10.0 Å². The standard InChI is InChI=1S/C18H14Cl2N2O4/c1-26-18(25)10-3-2-4-11(7-10)21-15-9-16(23)22(17(15)24)12-5-6-13(19)14(20)8-12/h2-8,15,21H,9H2,1H3/t15-/m1/s1. The maximum Gasteiger partial charge on any atom is 0.337 e. The molecule has 1 aliphatic heterocycles. The smallest absolute Gasteiger partial charge is 0.337 e. The van der Waals surface area contributed by atoms with Gasteiger partial charge in [0, 0.05) is 5.69 Å². The Balaban J connectivity index is 1.81. The van der Waals surface area contributed by atoms with E-state index in [1.54, 1.807) is 30.3 Å². The Kier molecular flexibility index (Phi) is 5.15. The number of hydrogen-bond acceptors (Lipinski definition) is 5. The van der Waals surface area contributed by atoms with E-state index in [0.29, 0.717) is 22.0 Å². The van der Waals surface area contributed by atoms with Crippen LogP contribution in [0, 0.1) is 0 Å². The number of benzene rings is 2. The van der Waals surface area contributed by atoms with Crippen molar-refractivity contribution in [2.24, 2.45) is 0 Å². The number of imide groups is 1. The third-order valence-corrected chi connectivity index (χ3v) is 4.67. The van der Waals surface area contributed by atoms with Crippen molar-refractivity contribution in [1.29, 1.82) is 0 Å². The molecule has 0 radical (unpaired) electrons. The Bertz CT molecular complexity index is 901. The molecule has 2 aromatic carbocycles. The molecule has 1 saturated heterocycles. The van der Waals surface area contributed by atoms with Crippen molar-refractivity contribution in [3.8, 4) is 0 Å². The van der Waals surface area contributed by atoms with Crippen LogP contribution in [0.4, 0.5) is 11.4 Å². The summed E-state index contributed by atoms with van der Waals surface area (Å²) in [6, 6.07) is 10.3. The number of halogens is 2. The van der Waals surface area contributed by atoms with Gasteiger partial charge in [0.1, 0.15) is 6.04 Å². The van der Waals surface area contributed by atoms with E-state index in [4.69, 9.17) is 23.2 Å². The Morgan fingerprint density at radius 3 is 2.62 bits per heavy atom. The van der Waals surface area contributed by atoms with Crippen LogP contribution in [-0.4, -0.2) is 30.9 Å². The van der Waals surface area contributed by atoms with Gasteiger partial charge in [0.25, 0.3) is 5.91 Å². The van der Waals surface area contributed by atoms with E-state index in [9.17, 15) is 14.4 Å². The molecule has 1 fully saturated rings. The van der Waals surface area contributed by atoms with E-state index in [-0.39, 0.29) is 17.4 Å². The second kappa shape index (κ2) is 7.35. The van der Waals surface area contributed by atoms with Gasteiger partial charge >= 0.3 is 5.97 Å². The number of methoxy groups -OCH3 is 1. The minimum Gasteiger partial charge on any atom is -0.465 e. The first-order chi connectivity index (χ1) is 12.4. The van der Waals surface area contributed by atoms with Crippen molar-refractivity contribution in [1.82, 2.24) is 0 Å². The van der Waals surface area contributed by atoms with Crippen LogP contribution in [0.25, 0.3) is 0 Å². The average Bonchev–Trinajstić information content (AvgIpc) is 2.90. The zero-order chi connectivity index (χ0) is 18.8. The fraction of sp³-hybridized carbons (Fsp3) is 0.167. The van der Waals surface area contributed by atoms with Gasteiger partial charge in [-0.3, -0.25) is 9.59 Å². The van der Waals surface area contributed by atoms with E-state index in [1.807, 2.05) is 0 Å². The quantitative estimate of drug-likeness (QED) is 0.636. The molecule has 1 heterocycles. The number of ether oxygens (including phenoxy) is 1. The highest BCUT2D eigenvalue weighted by atomic mass is 35.5. The molecule has 2 amide bonds. The first-order valence-corrected chi connectivity index (χ1v) is 8.43. The molecular weight excluding hydrogens is 379 g/mol. The van der Waals surface area contributed by atoms with Crippen LogP contribution in [0.5, 0.6) is 0 Å². The summed E-state index contributed by atoms with van der Waals surface area (Å²) in [7, 11) is 1.29. The fourth-order valence-electron chi connectivity index (χ4n) is 2.70. The van der Waals surface area contributed by atoms with Gasteiger partial charge in [-0.2, -0.15) is 0 Å². The Morgan fingerprint density at radius 2 is 1.92 bits per heavy atom. The minimum absolute atomic E-state index is 0.0124. The molecule has 0 aromatic heterocycles. The highest BCUT2D eigenvalue weighted by Gasteiger charge is 2.39. The van der Waals surface area contributed by atoms with Gasteiger partial charge in [0.15, 0.2) is 0 Å². The lowest BCUT2D eigenvalue weighted by Gasteiger charge is -2.17. The molecule has 2 aromatic rings. The molecular formula is C18H14Cl2N2O4. The number of hydrogen-bond donors (Lipinski definition) is 1. The van der Waals surface area contributed by atoms with Gasteiger partial charge in [-0.25, -0.2) is 9.69 Å². The van der Waals surface area contributed by atoms with Gasteiger partial charge in [-0.1, -0.05) is 29.3 Å². The predicted octanol–water partition coefficient (Wildman–Crippen LogP) is 3.52. The maximum absolute atomic E-state index is 12.7. The molecule has 6 nitrogen and oxygen atoms in total. The highest BCUT2D eigenvalue weighted by Crippen LogP contribution is 2.31. The van der Waals surface area contributed by atoms with Gasteiger partial charge in [0.05, 0.1) is 34.8 Å². The summed E-state index contributed by atoms with van der Waals surface area (Å²) in [6.45, 7) is 0. The first-order valence-electron chi connectivity index (χ1n) is 7.67. The summed E-state index contributed by atoms with van der Waals surface area (Å²) in [4.78, 5) is 37.7. The van der Waals surface area contributed by atoms with Gasteiger partial charge in [-0.05, 0) is 36.4 Å². The molecule has 0 unspecified atom stereocenters. The third kappa shape index (κ3) is 3.52. The number of amides is 2. The molecule has 0 bridgehead atoms. The molecule has 1 atom stereocenters. The summed E-state index contributed by atoms with van der Waals surface area (Å²) in [5.74, 6) is -1.24. The van der Waals surface area contributed by atoms with Crippen molar-refractivity contribution in [3.63, 3.8) is 0 Å². The molecule has 0 spiro atoms. The Labute approximate surface area is 159 Å². The zero-order valence-corrected chi connectivity index (χ0v) is 15.2. The van der Waals surface area contributed by atoms with Crippen LogP contribution < -0.4 is 10.2 Å². The molecule has 3 rings (SSSR count). The predicted molar refractivity (Wildman–Crippen MR) is 98.8 cm³/mol. The van der Waals surface area contributed by atoms with Crippen LogP contribution in [0.3, 0.4) is 0 Å². The zero-order valence-electron chi connectivity index (χ0n) is 13.7. The van der Waals surface area contributed by atoms with E-state index in [1.165, 1.54) is 19.2 Å². The Hall–Kier alpha value is -2.57. The van der Waals surface area contributed by atoms with Crippen molar-refractivity contribution < 1.29 is 19.1 Å². The molecule has 1 aliphatic rings. The van der Waals surface area contributed by atoms with Gasteiger partial charge in [0.2, 0.25) is 5.91 Å². The summed E-state index contributed by atoms with van der Waals surface area (Å²) < 4.78 is 4.68. The van der Waals surface area contributed by atoms with E-state index in [2.05, 4.69) is 10.1 Å². The molecule has 134 valence electrons. The number of esters is 1. The first kappa shape index (κ1) is 18.2. The summed E-state index contributed by atoms with van der Waals surface area (Å²) in [5.41, 5.74) is 1.24. The summed E-state index contributed by atoms with van der Waals surface area (Å²) in [5, 5.41) is 3.58. The van der Waals surface area contributed by atoms with Gasteiger partial charge < -0.3 is 10.1 Å². The van der Waals surface area contributed by atoms with Crippen molar-refractivity contribution in [3.05, 3.63) is 58.1 Å². The molecule has 26 heavy (non-hydrogen) atoms. The number of nitrogens with zero attached hydrogens (tertiary/aromatic N) is 1.